The summed E-state index contributed by atoms with van der Waals surface area (Å²) in [6.45, 7) is 2.11. The Morgan fingerprint density at radius 2 is 2.26 bits per heavy atom. The summed E-state index contributed by atoms with van der Waals surface area (Å²) in [5, 5.41) is 3.49. The minimum absolute atomic E-state index is 0.0200. The van der Waals surface area contributed by atoms with Gasteiger partial charge in [-0.15, -0.1) is 0 Å². The molecule has 108 valence electrons. The summed E-state index contributed by atoms with van der Waals surface area (Å²) in [7, 11) is -6.90. The van der Waals surface area contributed by atoms with Crippen molar-refractivity contribution in [3.63, 3.8) is 0 Å². The predicted molar refractivity (Wildman–Crippen MR) is 66.4 cm³/mol. The minimum atomic E-state index is -3.70. The van der Waals surface area contributed by atoms with Gasteiger partial charge in [0.15, 0.2) is 0 Å². The van der Waals surface area contributed by atoms with E-state index in [2.05, 4.69) is 14.4 Å². The monoisotopic (exact) mass is 309 g/mol. The average molecular weight is 309 g/mol. The molecular formula is C9H15N3O5S2. The maximum absolute atomic E-state index is 11.9. The summed E-state index contributed by atoms with van der Waals surface area (Å²) in [6.07, 6.45) is 1.63. The molecule has 1 aromatic rings. The highest BCUT2D eigenvalue weighted by atomic mass is 32.2. The van der Waals surface area contributed by atoms with Crippen LogP contribution in [0, 0.1) is 6.92 Å². The van der Waals surface area contributed by atoms with E-state index in [0.29, 0.717) is 13.0 Å². The molecule has 0 unspecified atom stereocenters. The molecule has 1 fully saturated rings. The zero-order chi connectivity index (χ0) is 14.1. The Bertz CT molecular complexity index is 649. The van der Waals surface area contributed by atoms with Gasteiger partial charge in [-0.2, -0.15) is 0 Å². The van der Waals surface area contributed by atoms with Gasteiger partial charge in [0.1, 0.15) is 16.9 Å². The molecule has 0 aliphatic carbocycles. The molecule has 0 aromatic carbocycles. The lowest BCUT2D eigenvalue weighted by Crippen LogP contribution is -2.35. The third kappa shape index (κ3) is 3.14. The van der Waals surface area contributed by atoms with E-state index in [1.165, 1.54) is 11.2 Å². The molecule has 10 heteroatoms. The van der Waals surface area contributed by atoms with Crippen molar-refractivity contribution in [1.82, 2.24) is 14.2 Å². The van der Waals surface area contributed by atoms with Crippen molar-refractivity contribution in [1.29, 1.82) is 0 Å². The molecule has 0 saturated carbocycles. The highest BCUT2D eigenvalue weighted by Crippen LogP contribution is 2.14. The largest absolute Gasteiger partial charge is 0.363 e. The first-order valence-electron chi connectivity index (χ1n) is 5.71. The summed E-state index contributed by atoms with van der Waals surface area (Å²) in [5.41, 5.74) is 0.265. The molecule has 0 atom stereocenters. The van der Waals surface area contributed by atoms with Crippen LogP contribution in [0.2, 0.25) is 0 Å². The van der Waals surface area contributed by atoms with Crippen molar-refractivity contribution in [3.05, 3.63) is 12.0 Å². The molecule has 19 heavy (non-hydrogen) atoms. The number of sulfonamides is 2. The predicted octanol–water partition coefficient (Wildman–Crippen LogP) is -0.703. The lowest BCUT2D eigenvalue weighted by Gasteiger charge is -2.14. The summed E-state index contributed by atoms with van der Waals surface area (Å²) in [5.74, 6) is 0.129. The topological polar surface area (TPSA) is 110 Å². The minimum Gasteiger partial charge on any atom is -0.363 e. The number of nitrogens with one attached hydrogen (secondary N) is 1. The number of hydrogen-bond acceptors (Lipinski definition) is 6. The van der Waals surface area contributed by atoms with E-state index in [9.17, 15) is 16.8 Å². The smallest absolute Gasteiger partial charge is 0.245 e. The Balaban J connectivity index is 1.95. The quantitative estimate of drug-likeness (QED) is 0.770. The van der Waals surface area contributed by atoms with Gasteiger partial charge in [0, 0.05) is 19.6 Å². The van der Waals surface area contributed by atoms with Gasteiger partial charge < -0.3 is 4.52 Å². The van der Waals surface area contributed by atoms with Gasteiger partial charge in [0.25, 0.3) is 0 Å². The molecule has 1 saturated heterocycles. The van der Waals surface area contributed by atoms with Crippen molar-refractivity contribution in [2.45, 2.75) is 18.2 Å². The van der Waals surface area contributed by atoms with E-state index in [4.69, 9.17) is 0 Å². The van der Waals surface area contributed by atoms with Gasteiger partial charge in [0.05, 0.1) is 5.75 Å². The molecule has 1 N–H and O–H groups in total. The van der Waals surface area contributed by atoms with Gasteiger partial charge in [0.2, 0.25) is 20.0 Å². The van der Waals surface area contributed by atoms with Crippen molar-refractivity contribution in [2.24, 2.45) is 0 Å². The molecule has 2 heterocycles. The van der Waals surface area contributed by atoms with Crippen LogP contribution in [0.4, 0.5) is 0 Å². The van der Waals surface area contributed by atoms with Crippen LogP contribution in [0.15, 0.2) is 15.7 Å². The molecular weight excluding hydrogens is 294 g/mol. The zero-order valence-electron chi connectivity index (χ0n) is 10.4. The zero-order valence-corrected chi connectivity index (χ0v) is 12.0. The Hall–Kier alpha value is -0.970. The fourth-order valence-corrected chi connectivity index (χ4v) is 4.51. The fraction of sp³-hybridized carbons (Fsp3) is 0.667. The van der Waals surface area contributed by atoms with E-state index < -0.39 is 20.0 Å². The van der Waals surface area contributed by atoms with Crippen molar-refractivity contribution >= 4 is 20.0 Å². The SMILES string of the molecule is Cc1nocc1S(=O)(=O)NCCN1CCCS1(=O)=O. The molecule has 2 rings (SSSR count). The highest BCUT2D eigenvalue weighted by molar-refractivity contribution is 7.89. The molecule has 0 spiro atoms. The maximum Gasteiger partial charge on any atom is 0.245 e. The van der Waals surface area contributed by atoms with Gasteiger partial charge >= 0.3 is 0 Å². The summed E-state index contributed by atoms with van der Waals surface area (Å²) in [6, 6.07) is 0. The van der Waals surface area contributed by atoms with Crippen LogP contribution in [-0.4, -0.2) is 51.7 Å². The van der Waals surface area contributed by atoms with Gasteiger partial charge in [-0.3, -0.25) is 0 Å². The average Bonchev–Trinajstić information content (AvgIpc) is 2.86. The van der Waals surface area contributed by atoms with Crippen LogP contribution in [0.1, 0.15) is 12.1 Å². The van der Waals surface area contributed by atoms with E-state index in [0.717, 1.165) is 6.26 Å². The Labute approximate surface area is 111 Å². The number of aromatic nitrogens is 1. The molecule has 1 aromatic heterocycles. The lowest BCUT2D eigenvalue weighted by atomic mass is 10.5. The van der Waals surface area contributed by atoms with Gasteiger partial charge in [-0.25, -0.2) is 25.9 Å². The summed E-state index contributed by atoms with van der Waals surface area (Å²) < 4.78 is 55.0. The number of aryl methyl sites for hydroxylation is 1. The Kier molecular flexibility index (Phi) is 3.95. The molecule has 0 radical (unpaired) electrons. The Morgan fingerprint density at radius 3 is 2.79 bits per heavy atom. The number of hydrogen-bond donors (Lipinski definition) is 1. The second-order valence-electron chi connectivity index (χ2n) is 4.23. The summed E-state index contributed by atoms with van der Waals surface area (Å²) >= 11 is 0. The second kappa shape index (κ2) is 5.19. The van der Waals surface area contributed by atoms with Crippen molar-refractivity contribution in [2.75, 3.05) is 25.4 Å². The van der Waals surface area contributed by atoms with Crippen LogP contribution in [-0.2, 0) is 20.0 Å². The molecule has 1 aliphatic rings. The van der Waals surface area contributed by atoms with Crippen LogP contribution in [0.5, 0.6) is 0 Å². The number of rotatable bonds is 5. The van der Waals surface area contributed by atoms with E-state index in [1.807, 2.05) is 0 Å². The second-order valence-corrected chi connectivity index (χ2v) is 8.05. The first-order chi connectivity index (χ1) is 8.83. The molecule has 0 amide bonds. The first-order valence-corrected chi connectivity index (χ1v) is 8.81. The number of nitrogens with zero attached hydrogens (tertiary/aromatic N) is 2. The van der Waals surface area contributed by atoms with E-state index in [1.54, 1.807) is 0 Å². The lowest BCUT2D eigenvalue weighted by molar-refractivity contribution is 0.413. The van der Waals surface area contributed by atoms with Gasteiger partial charge in [-0.1, -0.05) is 5.16 Å². The third-order valence-electron chi connectivity index (χ3n) is 2.85. The van der Waals surface area contributed by atoms with Crippen molar-refractivity contribution in [3.8, 4) is 0 Å². The maximum atomic E-state index is 11.9. The molecule has 8 nitrogen and oxygen atoms in total. The Morgan fingerprint density at radius 1 is 1.53 bits per heavy atom. The van der Waals surface area contributed by atoms with Gasteiger partial charge in [-0.05, 0) is 13.3 Å². The standard InChI is InChI=1S/C9H15N3O5S2/c1-8-9(7-17-11-8)19(15,16)10-3-5-12-4-2-6-18(12,13)14/h7,10H,2-6H2,1H3. The highest BCUT2D eigenvalue weighted by Gasteiger charge is 2.28. The van der Waals surface area contributed by atoms with Crippen LogP contribution in [0.3, 0.4) is 0 Å². The van der Waals surface area contributed by atoms with Crippen molar-refractivity contribution < 1.29 is 21.4 Å². The van der Waals surface area contributed by atoms with E-state index >= 15 is 0 Å². The van der Waals surface area contributed by atoms with Crippen LogP contribution >= 0.6 is 0 Å². The van der Waals surface area contributed by atoms with Crippen LogP contribution in [0.25, 0.3) is 0 Å². The van der Waals surface area contributed by atoms with Crippen LogP contribution < -0.4 is 4.72 Å². The fourth-order valence-electron chi connectivity index (χ4n) is 1.87. The molecule has 1 aliphatic heterocycles. The molecule has 0 bridgehead atoms. The third-order valence-corrected chi connectivity index (χ3v) is 6.36. The summed E-state index contributed by atoms with van der Waals surface area (Å²) in [4.78, 5) is -0.0308. The van der Waals surface area contributed by atoms with E-state index in [-0.39, 0.29) is 29.4 Å². The normalized spacial score (nSPS) is 19.8. The first kappa shape index (κ1) is 14.4.